The molecule has 2 heterocycles. The summed E-state index contributed by atoms with van der Waals surface area (Å²) in [7, 11) is 1.69. The molecule has 3 aliphatic rings. The van der Waals surface area contributed by atoms with E-state index in [0.717, 1.165) is 25.9 Å². The maximum absolute atomic E-state index is 10.5. The number of methoxy groups -OCH3 is 1. The minimum absolute atomic E-state index is 0.118. The molecule has 0 aromatic rings. The number of epoxide rings is 2. The van der Waals surface area contributed by atoms with E-state index in [9.17, 15) is 5.11 Å². The lowest BCUT2D eigenvalue weighted by atomic mass is 9.65. The average Bonchev–Trinajstić information content (AvgIpc) is 3.33. The van der Waals surface area contributed by atoms with Crippen molar-refractivity contribution < 1.29 is 19.3 Å². The van der Waals surface area contributed by atoms with Crippen LogP contribution in [0.4, 0.5) is 0 Å². The number of rotatable bonds is 5. The molecule has 3 rings (SSSR count). The van der Waals surface area contributed by atoms with Gasteiger partial charge in [-0.25, -0.2) is 0 Å². The van der Waals surface area contributed by atoms with Gasteiger partial charge in [-0.1, -0.05) is 18.6 Å². The van der Waals surface area contributed by atoms with Crippen LogP contribution in [0.25, 0.3) is 0 Å². The van der Waals surface area contributed by atoms with Crippen molar-refractivity contribution in [2.24, 2.45) is 11.8 Å². The third kappa shape index (κ3) is 2.64. The average molecular weight is 310 g/mol. The first kappa shape index (κ1) is 16.4. The predicted molar refractivity (Wildman–Crippen MR) is 84.7 cm³/mol. The molecule has 126 valence electrons. The second-order valence-corrected chi connectivity index (χ2v) is 7.85. The standard InChI is InChI=1S/C18H30O4/c1-11(2)7-6-8-13-17(4,22-13)16-15(20-5)14(19)12(3)9-18(16)10-21-18/h7,12-16,19H,6,8-10H2,1-5H3/t12-,13+,14+,15+,16+,17-,18-/m0/s1. The summed E-state index contributed by atoms with van der Waals surface area (Å²) < 4.78 is 17.7. The van der Waals surface area contributed by atoms with Gasteiger partial charge in [0.05, 0.1) is 30.8 Å². The van der Waals surface area contributed by atoms with E-state index in [4.69, 9.17) is 14.2 Å². The molecule has 2 saturated heterocycles. The molecule has 0 radical (unpaired) electrons. The second kappa shape index (κ2) is 5.59. The van der Waals surface area contributed by atoms with Gasteiger partial charge in [0.1, 0.15) is 11.2 Å². The smallest absolute Gasteiger partial charge is 0.100 e. The van der Waals surface area contributed by atoms with Gasteiger partial charge >= 0.3 is 0 Å². The quantitative estimate of drug-likeness (QED) is 0.626. The Morgan fingerprint density at radius 2 is 2.09 bits per heavy atom. The predicted octanol–water partition coefficient (Wildman–Crippen LogP) is 2.69. The van der Waals surface area contributed by atoms with Crippen LogP contribution in [0.15, 0.2) is 11.6 Å². The minimum Gasteiger partial charge on any atom is -0.390 e. The Hall–Kier alpha value is -0.420. The maximum Gasteiger partial charge on any atom is 0.100 e. The molecule has 0 unspecified atom stereocenters. The van der Waals surface area contributed by atoms with E-state index in [-0.39, 0.29) is 35.2 Å². The maximum atomic E-state index is 10.5. The van der Waals surface area contributed by atoms with Gasteiger partial charge in [-0.15, -0.1) is 0 Å². The van der Waals surface area contributed by atoms with Crippen LogP contribution in [0, 0.1) is 11.8 Å². The number of aliphatic hydroxyl groups excluding tert-OH is 1. The molecule has 0 amide bonds. The number of allylic oxidation sites excluding steroid dienone is 2. The van der Waals surface area contributed by atoms with Gasteiger partial charge in [-0.05, 0) is 46.0 Å². The summed E-state index contributed by atoms with van der Waals surface area (Å²) in [6.45, 7) is 9.27. The highest BCUT2D eigenvalue weighted by molar-refractivity contribution is 5.20. The van der Waals surface area contributed by atoms with Crippen LogP contribution in [-0.2, 0) is 14.2 Å². The van der Waals surface area contributed by atoms with Crippen LogP contribution in [0.1, 0.15) is 47.0 Å². The zero-order chi connectivity index (χ0) is 16.1. The molecule has 2 aliphatic heterocycles. The number of hydrogen-bond donors (Lipinski definition) is 1. The molecular weight excluding hydrogens is 280 g/mol. The molecule has 0 aromatic carbocycles. The molecule has 4 heteroatoms. The first-order valence-electron chi connectivity index (χ1n) is 8.50. The lowest BCUT2D eigenvalue weighted by Gasteiger charge is -2.44. The van der Waals surface area contributed by atoms with Crippen LogP contribution in [0.2, 0.25) is 0 Å². The highest BCUT2D eigenvalue weighted by atomic mass is 16.6. The van der Waals surface area contributed by atoms with Gasteiger partial charge in [-0.3, -0.25) is 0 Å². The third-order valence-electron chi connectivity index (χ3n) is 5.85. The van der Waals surface area contributed by atoms with E-state index < -0.39 is 6.10 Å². The van der Waals surface area contributed by atoms with E-state index in [1.165, 1.54) is 5.57 Å². The summed E-state index contributed by atoms with van der Waals surface area (Å²) in [4.78, 5) is 0. The SMILES string of the molecule is CO[C@@H]1[C@H](O)[C@@H](C)C[C@]2(CO2)[C@H]1[C@@]1(C)O[C@@H]1CCC=C(C)C. The Morgan fingerprint density at radius 3 is 2.64 bits per heavy atom. The van der Waals surface area contributed by atoms with Gasteiger partial charge in [0, 0.05) is 7.11 Å². The van der Waals surface area contributed by atoms with E-state index in [0.29, 0.717) is 0 Å². The van der Waals surface area contributed by atoms with Gasteiger partial charge in [0.15, 0.2) is 0 Å². The Morgan fingerprint density at radius 1 is 1.41 bits per heavy atom. The van der Waals surface area contributed by atoms with E-state index in [1.54, 1.807) is 7.11 Å². The van der Waals surface area contributed by atoms with Gasteiger partial charge in [-0.2, -0.15) is 0 Å². The van der Waals surface area contributed by atoms with E-state index >= 15 is 0 Å². The first-order chi connectivity index (χ1) is 10.3. The number of aliphatic hydroxyl groups is 1. The zero-order valence-corrected chi connectivity index (χ0v) is 14.5. The van der Waals surface area contributed by atoms with Crippen molar-refractivity contribution >= 4 is 0 Å². The largest absolute Gasteiger partial charge is 0.390 e. The van der Waals surface area contributed by atoms with Crippen molar-refractivity contribution in [1.29, 1.82) is 0 Å². The lowest BCUT2D eigenvalue weighted by molar-refractivity contribution is -0.137. The molecular formula is C18H30O4. The molecule has 1 aliphatic carbocycles. The Labute approximate surface area is 133 Å². The molecule has 0 aromatic heterocycles. The lowest BCUT2D eigenvalue weighted by Crippen LogP contribution is -2.57. The van der Waals surface area contributed by atoms with Crippen LogP contribution in [0.3, 0.4) is 0 Å². The summed E-state index contributed by atoms with van der Waals surface area (Å²) in [5.41, 5.74) is 0.980. The molecule has 1 N–H and O–H groups in total. The second-order valence-electron chi connectivity index (χ2n) is 7.85. The Balaban J connectivity index is 1.73. The van der Waals surface area contributed by atoms with Crippen LogP contribution >= 0.6 is 0 Å². The molecule has 4 nitrogen and oxygen atoms in total. The highest BCUT2D eigenvalue weighted by Gasteiger charge is 2.72. The Kier molecular flexibility index (Phi) is 4.17. The molecule has 22 heavy (non-hydrogen) atoms. The normalized spacial score (nSPS) is 50.0. The van der Waals surface area contributed by atoms with E-state index in [1.807, 2.05) is 0 Å². The highest BCUT2D eigenvalue weighted by Crippen LogP contribution is 2.60. The molecule has 7 atom stereocenters. The summed E-state index contributed by atoms with van der Waals surface area (Å²) in [6.07, 6.45) is 4.83. The Bertz CT molecular complexity index is 452. The fourth-order valence-corrected chi connectivity index (χ4v) is 4.54. The first-order valence-corrected chi connectivity index (χ1v) is 8.50. The summed E-state index contributed by atoms with van der Waals surface area (Å²) in [5, 5.41) is 10.5. The van der Waals surface area contributed by atoms with Crippen LogP contribution in [0.5, 0.6) is 0 Å². The van der Waals surface area contributed by atoms with Crippen molar-refractivity contribution in [2.45, 2.75) is 76.5 Å². The van der Waals surface area contributed by atoms with Crippen molar-refractivity contribution in [3.63, 3.8) is 0 Å². The summed E-state index contributed by atoms with van der Waals surface area (Å²) in [6, 6.07) is 0. The van der Waals surface area contributed by atoms with Crippen molar-refractivity contribution in [3.05, 3.63) is 11.6 Å². The monoisotopic (exact) mass is 310 g/mol. The third-order valence-corrected chi connectivity index (χ3v) is 5.85. The fraction of sp³-hybridized carbons (Fsp3) is 0.889. The topological polar surface area (TPSA) is 54.5 Å². The van der Waals surface area contributed by atoms with Crippen LogP contribution < -0.4 is 0 Å². The minimum atomic E-state index is -0.440. The number of hydrogen-bond acceptors (Lipinski definition) is 4. The van der Waals surface area contributed by atoms with Crippen molar-refractivity contribution in [3.8, 4) is 0 Å². The van der Waals surface area contributed by atoms with Gasteiger partial charge in [0.2, 0.25) is 0 Å². The summed E-state index contributed by atoms with van der Waals surface area (Å²) in [5.74, 6) is 0.322. The molecule has 1 saturated carbocycles. The zero-order valence-electron chi connectivity index (χ0n) is 14.5. The van der Waals surface area contributed by atoms with Gasteiger partial charge < -0.3 is 19.3 Å². The van der Waals surface area contributed by atoms with Crippen molar-refractivity contribution in [2.75, 3.05) is 13.7 Å². The number of ether oxygens (including phenoxy) is 3. The van der Waals surface area contributed by atoms with Crippen molar-refractivity contribution in [1.82, 2.24) is 0 Å². The van der Waals surface area contributed by atoms with Crippen LogP contribution in [-0.4, -0.2) is 48.3 Å². The van der Waals surface area contributed by atoms with E-state index in [2.05, 4.69) is 33.8 Å². The molecule has 1 spiro atoms. The molecule has 3 fully saturated rings. The van der Waals surface area contributed by atoms with Gasteiger partial charge in [0.25, 0.3) is 0 Å². The molecule has 0 bridgehead atoms. The fourth-order valence-electron chi connectivity index (χ4n) is 4.54. The summed E-state index contributed by atoms with van der Waals surface area (Å²) >= 11 is 0.